The third kappa shape index (κ3) is 3.98. The lowest BCUT2D eigenvalue weighted by Crippen LogP contribution is -2.23. The average molecular weight is 317 g/mol. The van der Waals surface area contributed by atoms with Crippen LogP contribution in [-0.4, -0.2) is 27.6 Å². The van der Waals surface area contributed by atoms with Gasteiger partial charge in [0, 0.05) is 31.4 Å². The second kappa shape index (κ2) is 7.42. The van der Waals surface area contributed by atoms with Gasteiger partial charge in [0.15, 0.2) is 0 Å². The van der Waals surface area contributed by atoms with E-state index in [2.05, 4.69) is 5.10 Å². The van der Waals surface area contributed by atoms with Crippen molar-refractivity contribution in [3.05, 3.63) is 90.3 Å². The first-order valence-electron chi connectivity index (χ1n) is 7.79. The number of benzene rings is 2. The number of hydrogen-bond donors (Lipinski definition) is 0. The molecule has 0 aliphatic rings. The Morgan fingerprint density at radius 2 is 1.75 bits per heavy atom. The Morgan fingerprint density at radius 1 is 1.08 bits per heavy atom. The summed E-state index contributed by atoms with van der Waals surface area (Å²) < 4.78 is 1.81. The average Bonchev–Trinajstić information content (AvgIpc) is 3.10. The van der Waals surface area contributed by atoms with Gasteiger partial charge < -0.3 is 4.90 Å². The molecule has 1 amide bonds. The Kier molecular flexibility index (Phi) is 4.87. The van der Waals surface area contributed by atoms with Crippen LogP contribution in [0.5, 0.6) is 0 Å². The van der Waals surface area contributed by atoms with E-state index in [1.165, 1.54) is 0 Å². The van der Waals surface area contributed by atoms with Crippen LogP contribution in [0, 0.1) is 0 Å². The highest BCUT2D eigenvalue weighted by Crippen LogP contribution is 2.09. The summed E-state index contributed by atoms with van der Waals surface area (Å²) in [4.78, 5) is 13.9. The zero-order chi connectivity index (χ0) is 16.8. The molecule has 0 atom stereocenters. The summed E-state index contributed by atoms with van der Waals surface area (Å²) in [6.45, 7) is 0.519. The van der Waals surface area contributed by atoms with E-state index in [4.69, 9.17) is 0 Å². The number of carbonyl (C=O) groups is 1. The molecule has 4 heteroatoms. The quantitative estimate of drug-likeness (QED) is 0.675. The van der Waals surface area contributed by atoms with Crippen LogP contribution >= 0.6 is 0 Å². The Bertz CT molecular complexity index is 822. The van der Waals surface area contributed by atoms with Gasteiger partial charge in [-0.3, -0.25) is 4.79 Å². The maximum absolute atomic E-state index is 12.2. The van der Waals surface area contributed by atoms with Gasteiger partial charge in [-0.25, -0.2) is 4.68 Å². The van der Waals surface area contributed by atoms with Crippen molar-refractivity contribution >= 4 is 12.0 Å². The largest absolute Gasteiger partial charge is 0.338 e. The molecule has 3 rings (SSSR count). The standard InChI is InChI=1S/C20H19N3O/c1-22(20(24)13-12-17-8-4-2-5-9-17)15-18-14-21-23(16-18)19-10-6-3-7-11-19/h2-14,16H,15H2,1H3/b13-12+. The number of carbonyl (C=O) groups excluding carboxylic acids is 1. The first-order chi connectivity index (χ1) is 11.7. The summed E-state index contributed by atoms with van der Waals surface area (Å²) in [6.07, 6.45) is 7.15. The van der Waals surface area contributed by atoms with Crippen LogP contribution in [0.25, 0.3) is 11.8 Å². The number of rotatable bonds is 5. The SMILES string of the molecule is CN(Cc1cnn(-c2ccccc2)c1)C(=O)/C=C/c1ccccc1. The monoisotopic (exact) mass is 317 g/mol. The highest BCUT2D eigenvalue weighted by molar-refractivity contribution is 5.91. The Hall–Kier alpha value is -3.14. The summed E-state index contributed by atoms with van der Waals surface area (Å²) in [5.41, 5.74) is 3.00. The molecular weight excluding hydrogens is 298 g/mol. The number of likely N-dealkylation sites (N-methyl/N-ethyl adjacent to an activating group) is 1. The van der Waals surface area contributed by atoms with Crippen LogP contribution in [-0.2, 0) is 11.3 Å². The second-order valence-electron chi connectivity index (χ2n) is 5.57. The molecule has 0 saturated carbocycles. The van der Waals surface area contributed by atoms with E-state index in [9.17, 15) is 4.79 Å². The molecule has 1 aromatic heterocycles. The van der Waals surface area contributed by atoms with Gasteiger partial charge in [0.2, 0.25) is 5.91 Å². The topological polar surface area (TPSA) is 38.1 Å². The molecule has 2 aromatic carbocycles. The number of nitrogens with zero attached hydrogens (tertiary/aromatic N) is 3. The van der Waals surface area contributed by atoms with Crippen molar-refractivity contribution in [2.75, 3.05) is 7.05 Å². The van der Waals surface area contributed by atoms with Gasteiger partial charge >= 0.3 is 0 Å². The highest BCUT2D eigenvalue weighted by Gasteiger charge is 2.08. The number of para-hydroxylation sites is 1. The molecule has 4 nitrogen and oxygen atoms in total. The molecule has 0 spiro atoms. The van der Waals surface area contributed by atoms with E-state index >= 15 is 0 Å². The fourth-order valence-corrected chi connectivity index (χ4v) is 2.37. The van der Waals surface area contributed by atoms with Crippen LogP contribution in [0.1, 0.15) is 11.1 Å². The minimum absolute atomic E-state index is 0.0358. The van der Waals surface area contributed by atoms with Crippen molar-refractivity contribution < 1.29 is 4.79 Å². The number of hydrogen-bond acceptors (Lipinski definition) is 2. The van der Waals surface area contributed by atoms with Crippen molar-refractivity contribution in [3.8, 4) is 5.69 Å². The Balaban J connectivity index is 1.62. The molecule has 1 heterocycles. The van der Waals surface area contributed by atoms with Crippen LogP contribution in [0.15, 0.2) is 79.1 Å². The van der Waals surface area contributed by atoms with E-state index in [1.807, 2.05) is 77.6 Å². The molecule has 0 bridgehead atoms. The zero-order valence-corrected chi connectivity index (χ0v) is 13.5. The van der Waals surface area contributed by atoms with Crippen molar-refractivity contribution in [1.29, 1.82) is 0 Å². The van der Waals surface area contributed by atoms with Gasteiger partial charge in [0.05, 0.1) is 11.9 Å². The van der Waals surface area contributed by atoms with E-state index in [-0.39, 0.29) is 5.91 Å². The minimum atomic E-state index is -0.0358. The normalized spacial score (nSPS) is 10.9. The molecule has 0 unspecified atom stereocenters. The smallest absolute Gasteiger partial charge is 0.246 e. The van der Waals surface area contributed by atoms with Crippen LogP contribution in [0.3, 0.4) is 0 Å². The summed E-state index contributed by atoms with van der Waals surface area (Å²) in [7, 11) is 1.79. The molecule has 0 aliphatic carbocycles. The van der Waals surface area contributed by atoms with Crippen LogP contribution in [0.4, 0.5) is 0 Å². The molecule has 120 valence electrons. The predicted molar refractivity (Wildman–Crippen MR) is 95.5 cm³/mol. The third-order valence-corrected chi connectivity index (χ3v) is 3.67. The minimum Gasteiger partial charge on any atom is -0.338 e. The molecule has 0 aliphatic heterocycles. The van der Waals surface area contributed by atoms with Gasteiger partial charge in [0.1, 0.15) is 0 Å². The summed E-state index contributed by atoms with van der Waals surface area (Å²) in [6, 6.07) is 19.7. The van der Waals surface area contributed by atoms with E-state index in [0.29, 0.717) is 6.54 Å². The maximum atomic E-state index is 12.2. The fourth-order valence-electron chi connectivity index (χ4n) is 2.37. The lowest BCUT2D eigenvalue weighted by atomic mass is 10.2. The molecule has 24 heavy (non-hydrogen) atoms. The summed E-state index contributed by atoms with van der Waals surface area (Å²) in [5.74, 6) is -0.0358. The third-order valence-electron chi connectivity index (χ3n) is 3.67. The molecule has 3 aromatic rings. The van der Waals surface area contributed by atoms with Crippen molar-refractivity contribution in [3.63, 3.8) is 0 Å². The molecule has 0 fully saturated rings. The Morgan fingerprint density at radius 3 is 2.46 bits per heavy atom. The number of aromatic nitrogens is 2. The Labute approximate surface area is 141 Å². The van der Waals surface area contributed by atoms with Crippen LogP contribution in [0.2, 0.25) is 0 Å². The molecule has 0 N–H and O–H groups in total. The summed E-state index contributed by atoms with van der Waals surface area (Å²) in [5, 5.41) is 4.35. The van der Waals surface area contributed by atoms with Gasteiger partial charge in [-0.1, -0.05) is 48.5 Å². The van der Waals surface area contributed by atoms with Crippen molar-refractivity contribution in [1.82, 2.24) is 14.7 Å². The van der Waals surface area contributed by atoms with E-state index in [0.717, 1.165) is 16.8 Å². The van der Waals surface area contributed by atoms with Gasteiger partial charge in [-0.05, 0) is 23.8 Å². The maximum Gasteiger partial charge on any atom is 0.246 e. The molecule has 0 saturated heterocycles. The molecule has 0 radical (unpaired) electrons. The summed E-state index contributed by atoms with van der Waals surface area (Å²) >= 11 is 0. The fraction of sp³-hybridized carbons (Fsp3) is 0.100. The highest BCUT2D eigenvalue weighted by atomic mass is 16.2. The predicted octanol–water partition coefficient (Wildman–Crippen LogP) is 3.54. The lowest BCUT2D eigenvalue weighted by Gasteiger charge is -2.13. The van der Waals surface area contributed by atoms with Crippen molar-refractivity contribution in [2.24, 2.45) is 0 Å². The second-order valence-corrected chi connectivity index (χ2v) is 5.57. The number of amides is 1. The molecular formula is C20H19N3O. The van der Waals surface area contributed by atoms with E-state index in [1.54, 1.807) is 24.2 Å². The van der Waals surface area contributed by atoms with Gasteiger partial charge in [-0.15, -0.1) is 0 Å². The lowest BCUT2D eigenvalue weighted by molar-refractivity contribution is -0.125. The van der Waals surface area contributed by atoms with Crippen LogP contribution < -0.4 is 0 Å². The van der Waals surface area contributed by atoms with Gasteiger partial charge in [0.25, 0.3) is 0 Å². The van der Waals surface area contributed by atoms with Gasteiger partial charge in [-0.2, -0.15) is 5.10 Å². The zero-order valence-electron chi connectivity index (χ0n) is 13.5. The van der Waals surface area contributed by atoms with Crippen molar-refractivity contribution in [2.45, 2.75) is 6.54 Å². The first-order valence-corrected chi connectivity index (χ1v) is 7.79. The first kappa shape index (κ1) is 15.7. The van der Waals surface area contributed by atoms with E-state index < -0.39 is 0 Å².